The normalized spacial score (nSPS) is 23.0. The van der Waals surface area contributed by atoms with Gasteiger partial charge in [-0.3, -0.25) is 0 Å². The Hall–Kier alpha value is -1.51. The highest BCUT2D eigenvalue weighted by molar-refractivity contribution is 7.91. The minimum Gasteiger partial charge on any atom is -0.496 e. The van der Waals surface area contributed by atoms with Crippen LogP contribution in [-0.2, 0) is 16.4 Å². The molecule has 1 saturated heterocycles. The van der Waals surface area contributed by atoms with Crippen molar-refractivity contribution in [2.24, 2.45) is 0 Å². The monoisotopic (exact) mass is 348 g/mol. The molecule has 1 fully saturated rings. The molecule has 22 heavy (non-hydrogen) atoms. The van der Waals surface area contributed by atoms with Gasteiger partial charge in [0.05, 0.1) is 30.8 Å². The van der Waals surface area contributed by atoms with Crippen LogP contribution in [0.2, 0.25) is 5.02 Å². The Kier molecular flexibility index (Phi) is 5.15. The number of methoxy groups -OCH3 is 1. The van der Waals surface area contributed by atoms with Gasteiger partial charge < -0.3 is 20.5 Å². The number of halogens is 1. The van der Waals surface area contributed by atoms with E-state index in [9.17, 15) is 18.3 Å². The summed E-state index contributed by atoms with van der Waals surface area (Å²) in [6, 6.07) is 3.73. The number of hydrogen-bond acceptors (Lipinski definition) is 5. The van der Waals surface area contributed by atoms with E-state index in [1.54, 1.807) is 18.2 Å². The minimum absolute atomic E-state index is 0.115. The molecular weight excluding hydrogens is 332 g/mol. The molecule has 0 unspecified atom stereocenters. The molecule has 0 bridgehead atoms. The second-order valence-electron chi connectivity index (χ2n) is 5.00. The summed E-state index contributed by atoms with van der Waals surface area (Å²) in [6.07, 6.45) is -1.09. The Morgan fingerprint density at radius 1 is 1.45 bits per heavy atom. The Bertz CT molecular complexity index is 664. The molecule has 3 N–H and O–H groups in total. The first-order chi connectivity index (χ1) is 10.3. The number of aliphatic hydroxyl groups is 1. The number of carbonyl (C=O) groups is 1. The van der Waals surface area contributed by atoms with E-state index in [0.717, 1.165) is 0 Å². The highest BCUT2D eigenvalue weighted by atomic mass is 35.5. The summed E-state index contributed by atoms with van der Waals surface area (Å²) in [5.41, 5.74) is 0.612. The van der Waals surface area contributed by atoms with Crippen molar-refractivity contribution in [3.05, 3.63) is 28.8 Å². The first-order valence-corrected chi connectivity index (χ1v) is 8.76. The fraction of sp³-hybridized carbons (Fsp3) is 0.462. The highest BCUT2D eigenvalue weighted by Crippen LogP contribution is 2.25. The fourth-order valence-electron chi connectivity index (χ4n) is 2.26. The van der Waals surface area contributed by atoms with Gasteiger partial charge in [0.25, 0.3) is 0 Å². The summed E-state index contributed by atoms with van der Waals surface area (Å²) in [7, 11) is -1.81. The number of sulfone groups is 1. The van der Waals surface area contributed by atoms with Crippen LogP contribution in [-0.4, -0.2) is 50.3 Å². The van der Waals surface area contributed by atoms with Crippen LogP contribution in [0.3, 0.4) is 0 Å². The number of benzene rings is 1. The van der Waals surface area contributed by atoms with Crippen LogP contribution in [0.4, 0.5) is 4.79 Å². The second kappa shape index (κ2) is 6.72. The Labute approximate surface area is 133 Å². The summed E-state index contributed by atoms with van der Waals surface area (Å²) < 4.78 is 27.9. The van der Waals surface area contributed by atoms with Crippen molar-refractivity contribution >= 4 is 27.5 Å². The van der Waals surface area contributed by atoms with Crippen LogP contribution in [0.25, 0.3) is 0 Å². The molecule has 1 aliphatic heterocycles. The molecule has 0 aliphatic carbocycles. The first-order valence-electron chi connectivity index (χ1n) is 6.56. The molecule has 1 aromatic rings. The van der Waals surface area contributed by atoms with Crippen molar-refractivity contribution < 1.29 is 23.1 Å². The van der Waals surface area contributed by atoms with Gasteiger partial charge in [0, 0.05) is 17.1 Å². The van der Waals surface area contributed by atoms with E-state index in [2.05, 4.69) is 10.6 Å². The molecule has 2 rings (SSSR count). The zero-order valence-electron chi connectivity index (χ0n) is 11.9. The fourth-order valence-corrected chi connectivity index (χ4v) is 4.23. The summed E-state index contributed by atoms with van der Waals surface area (Å²) in [5.74, 6) is -0.0657. The molecule has 0 spiro atoms. The van der Waals surface area contributed by atoms with Crippen molar-refractivity contribution in [1.82, 2.24) is 10.6 Å². The maximum atomic E-state index is 11.8. The van der Waals surface area contributed by atoms with Gasteiger partial charge in [-0.25, -0.2) is 13.2 Å². The average Bonchev–Trinajstić information content (AvgIpc) is 2.69. The molecule has 1 aliphatic rings. The maximum Gasteiger partial charge on any atom is 0.315 e. The number of carbonyl (C=O) groups excluding carboxylic acids is 1. The standard InChI is InChI=1S/C13H17ClN2O5S/c1-21-12-4-2-3-9(14)8(12)5-15-13(18)16-10-6-22(19,20)7-11(10)17/h2-4,10-11,17H,5-7H2,1H3,(H2,15,16,18)/t10-,11-/m1/s1. The molecule has 2 atom stereocenters. The predicted molar refractivity (Wildman–Crippen MR) is 81.8 cm³/mol. The van der Waals surface area contributed by atoms with Gasteiger partial charge in [-0.1, -0.05) is 17.7 Å². The van der Waals surface area contributed by atoms with Gasteiger partial charge in [0.1, 0.15) is 5.75 Å². The van der Waals surface area contributed by atoms with Crippen molar-refractivity contribution in [2.45, 2.75) is 18.7 Å². The average molecular weight is 349 g/mol. The molecule has 1 heterocycles. The predicted octanol–water partition coefficient (Wildman–Crippen LogP) is 0.306. The Morgan fingerprint density at radius 2 is 2.18 bits per heavy atom. The number of hydrogen-bond donors (Lipinski definition) is 3. The minimum atomic E-state index is -3.31. The van der Waals surface area contributed by atoms with Gasteiger partial charge in [0.15, 0.2) is 9.84 Å². The third-order valence-electron chi connectivity index (χ3n) is 3.36. The summed E-state index contributed by atoms with van der Waals surface area (Å²) >= 11 is 6.05. The van der Waals surface area contributed by atoms with Crippen LogP contribution in [0.15, 0.2) is 18.2 Å². The number of aliphatic hydroxyl groups excluding tert-OH is 1. The molecular formula is C13H17ClN2O5S. The Morgan fingerprint density at radius 3 is 2.77 bits per heavy atom. The smallest absolute Gasteiger partial charge is 0.315 e. The van der Waals surface area contributed by atoms with Gasteiger partial charge in [0.2, 0.25) is 0 Å². The summed E-state index contributed by atoms with van der Waals surface area (Å²) in [4.78, 5) is 11.8. The van der Waals surface area contributed by atoms with Gasteiger partial charge in [-0.15, -0.1) is 0 Å². The van der Waals surface area contributed by atoms with E-state index in [4.69, 9.17) is 16.3 Å². The van der Waals surface area contributed by atoms with E-state index < -0.39 is 28.0 Å². The van der Waals surface area contributed by atoms with Crippen LogP contribution >= 0.6 is 11.6 Å². The molecule has 0 saturated carbocycles. The lowest BCUT2D eigenvalue weighted by Crippen LogP contribution is -2.47. The number of rotatable bonds is 4. The second-order valence-corrected chi connectivity index (χ2v) is 7.56. The molecule has 7 nitrogen and oxygen atoms in total. The lowest BCUT2D eigenvalue weighted by atomic mass is 10.2. The summed E-state index contributed by atoms with van der Waals surface area (Å²) in [5, 5.41) is 15.1. The molecule has 0 aromatic heterocycles. The lowest BCUT2D eigenvalue weighted by molar-refractivity contribution is 0.165. The zero-order chi connectivity index (χ0) is 16.3. The first kappa shape index (κ1) is 16.9. The van der Waals surface area contributed by atoms with Crippen molar-refractivity contribution in [1.29, 1.82) is 0 Å². The highest BCUT2D eigenvalue weighted by Gasteiger charge is 2.37. The zero-order valence-corrected chi connectivity index (χ0v) is 13.4. The van der Waals surface area contributed by atoms with Crippen molar-refractivity contribution in [3.63, 3.8) is 0 Å². The van der Waals surface area contributed by atoms with E-state index in [1.165, 1.54) is 7.11 Å². The number of nitrogens with one attached hydrogen (secondary N) is 2. The maximum absolute atomic E-state index is 11.8. The lowest BCUT2D eigenvalue weighted by Gasteiger charge is -2.16. The third kappa shape index (κ3) is 4.02. The van der Waals surface area contributed by atoms with Crippen LogP contribution in [0.1, 0.15) is 5.56 Å². The van der Waals surface area contributed by atoms with Gasteiger partial charge in [-0.05, 0) is 12.1 Å². The molecule has 2 amide bonds. The van der Waals surface area contributed by atoms with Crippen LogP contribution < -0.4 is 15.4 Å². The van der Waals surface area contributed by atoms with E-state index >= 15 is 0 Å². The molecule has 1 aromatic carbocycles. The SMILES string of the molecule is COc1cccc(Cl)c1CNC(=O)N[C@@H]1CS(=O)(=O)C[C@H]1O. The van der Waals surface area contributed by atoms with E-state index in [1.807, 2.05) is 0 Å². The van der Waals surface area contributed by atoms with Crippen molar-refractivity contribution in [3.8, 4) is 5.75 Å². The topological polar surface area (TPSA) is 105 Å². The van der Waals surface area contributed by atoms with E-state index in [-0.39, 0.29) is 18.1 Å². The van der Waals surface area contributed by atoms with Crippen LogP contribution in [0.5, 0.6) is 5.75 Å². The molecule has 122 valence electrons. The third-order valence-corrected chi connectivity index (χ3v) is 5.43. The quantitative estimate of drug-likeness (QED) is 0.726. The number of urea groups is 1. The molecule has 0 radical (unpaired) electrons. The van der Waals surface area contributed by atoms with Gasteiger partial charge in [-0.2, -0.15) is 0 Å². The van der Waals surface area contributed by atoms with Crippen molar-refractivity contribution in [2.75, 3.05) is 18.6 Å². The molecule has 9 heteroatoms. The Balaban J connectivity index is 1.94. The largest absolute Gasteiger partial charge is 0.496 e. The van der Waals surface area contributed by atoms with Gasteiger partial charge >= 0.3 is 6.03 Å². The number of amides is 2. The van der Waals surface area contributed by atoms with E-state index in [0.29, 0.717) is 16.3 Å². The number of ether oxygens (including phenoxy) is 1. The van der Waals surface area contributed by atoms with Crippen LogP contribution in [0, 0.1) is 0 Å². The summed E-state index contributed by atoms with van der Waals surface area (Å²) in [6.45, 7) is 0.115.